The van der Waals surface area contributed by atoms with Crippen molar-refractivity contribution in [2.45, 2.75) is 45.6 Å². The van der Waals surface area contributed by atoms with Crippen LogP contribution in [0.3, 0.4) is 0 Å². The lowest BCUT2D eigenvalue weighted by Crippen LogP contribution is -2.42. The molecule has 3 nitrogen and oxygen atoms in total. The van der Waals surface area contributed by atoms with Crippen LogP contribution in [0.25, 0.3) is 0 Å². The van der Waals surface area contributed by atoms with Crippen molar-refractivity contribution in [3.63, 3.8) is 0 Å². The summed E-state index contributed by atoms with van der Waals surface area (Å²) >= 11 is 0. The van der Waals surface area contributed by atoms with Crippen LogP contribution in [-0.4, -0.2) is 62.7 Å². The van der Waals surface area contributed by atoms with Gasteiger partial charge in [-0.1, -0.05) is 6.92 Å². The molecular formula is C15H33N3. The van der Waals surface area contributed by atoms with E-state index in [4.69, 9.17) is 0 Å². The molecule has 1 saturated heterocycles. The molecule has 0 aliphatic carbocycles. The van der Waals surface area contributed by atoms with Gasteiger partial charge in [0.05, 0.1) is 0 Å². The zero-order valence-electron chi connectivity index (χ0n) is 12.9. The Kier molecular flexibility index (Phi) is 7.87. The van der Waals surface area contributed by atoms with Gasteiger partial charge in [0.1, 0.15) is 0 Å². The molecule has 1 heterocycles. The fraction of sp³-hybridized carbons (Fsp3) is 1.00. The average Bonchev–Trinajstić information content (AvgIpc) is 2.36. The van der Waals surface area contributed by atoms with Crippen molar-refractivity contribution in [1.29, 1.82) is 0 Å². The van der Waals surface area contributed by atoms with Gasteiger partial charge in [-0.25, -0.2) is 0 Å². The standard InChI is InChI=1S/C15H33N3/c1-5-9-16-14(2)15-7-12-18(13-8-15)11-6-10-17(3)4/h14-16H,5-13H2,1-4H3. The van der Waals surface area contributed by atoms with E-state index in [1.54, 1.807) is 0 Å². The third kappa shape index (κ3) is 6.17. The van der Waals surface area contributed by atoms with Crippen LogP contribution < -0.4 is 5.32 Å². The van der Waals surface area contributed by atoms with Crippen LogP contribution in [-0.2, 0) is 0 Å². The van der Waals surface area contributed by atoms with E-state index in [0.717, 1.165) is 5.92 Å². The Hall–Kier alpha value is -0.120. The van der Waals surface area contributed by atoms with Crippen molar-refractivity contribution in [3.05, 3.63) is 0 Å². The van der Waals surface area contributed by atoms with Crippen molar-refractivity contribution in [2.24, 2.45) is 5.92 Å². The highest BCUT2D eigenvalue weighted by molar-refractivity contribution is 4.79. The van der Waals surface area contributed by atoms with Crippen LogP contribution in [0.2, 0.25) is 0 Å². The molecular weight excluding hydrogens is 222 g/mol. The van der Waals surface area contributed by atoms with Crippen molar-refractivity contribution in [1.82, 2.24) is 15.1 Å². The van der Waals surface area contributed by atoms with Gasteiger partial charge in [0.2, 0.25) is 0 Å². The topological polar surface area (TPSA) is 18.5 Å². The second-order valence-electron chi connectivity index (χ2n) is 6.08. The van der Waals surface area contributed by atoms with Gasteiger partial charge in [-0.2, -0.15) is 0 Å². The number of rotatable bonds is 8. The average molecular weight is 255 g/mol. The molecule has 0 bridgehead atoms. The summed E-state index contributed by atoms with van der Waals surface area (Å²) in [4.78, 5) is 4.93. The fourth-order valence-electron chi connectivity index (χ4n) is 2.83. The van der Waals surface area contributed by atoms with Crippen molar-refractivity contribution in [2.75, 3.05) is 46.8 Å². The molecule has 0 aromatic carbocycles. The first-order valence-corrected chi connectivity index (χ1v) is 7.74. The second-order valence-corrected chi connectivity index (χ2v) is 6.08. The van der Waals surface area contributed by atoms with Gasteiger partial charge in [0.15, 0.2) is 0 Å². The van der Waals surface area contributed by atoms with Gasteiger partial charge in [-0.05, 0) is 85.3 Å². The monoisotopic (exact) mass is 255 g/mol. The number of nitrogens with one attached hydrogen (secondary N) is 1. The summed E-state index contributed by atoms with van der Waals surface area (Å²) < 4.78 is 0. The Labute approximate surface area is 114 Å². The van der Waals surface area contributed by atoms with Gasteiger partial charge < -0.3 is 15.1 Å². The van der Waals surface area contributed by atoms with Crippen LogP contribution in [0.5, 0.6) is 0 Å². The lowest BCUT2D eigenvalue weighted by molar-refractivity contribution is 0.158. The van der Waals surface area contributed by atoms with Crippen LogP contribution in [0.4, 0.5) is 0 Å². The molecule has 3 heteroatoms. The van der Waals surface area contributed by atoms with Crippen LogP contribution in [0.15, 0.2) is 0 Å². The third-order valence-corrected chi connectivity index (χ3v) is 4.14. The molecule has 0 aromatic heterocycles. The number of hydrogen-bond acceptors (Lipinski definition) is 3. The summed E-state index contributed by atoms with van der Waals surface area (Å²) in [6, 6.07) is 0.703. The predicted molar refractivity (Wildman–Crippen MR) is 80.1 cm³/mol. The predicted octanol–water partition coefficient (Wildman–Crippen LogP) is 2.04. The highest BCUT2D eigenvalue weighted by atomic mass is 15.1. The van der Waals surface area contributed by atoms with E-state index < -0.39 is 0 Å². The fourth-order valence-corrected chi connectivity index (χ4v) is 2.83. The molecule has 0 amide bonds. The maximum absolute atomic E-state index is 3.65. The van der Waals surface area contributed by atoms with Gasteiger partial charge in [-0.3, -0.25) is 0 Å². The molecule has 0 aromatic rings. The van der Waals surface area contributed by atoms with Crippen molar-refractivity contribution in [3.8, 4) is 0 Å². The molecule has 18 heavy (non-hydrogen) atoms. The maximum Gasteiger partial charge on any atom is 0.00679 e. The van der Waals surface area contributed by atoms with Crippen LogP contribution in [0.1, 0.15) is 39.5 Å². The van der Waals surface area contributed by atoms with E-state index in [0.29, 0.717) is 6.04 Å². The summed E-state index contributed by atoms with van der Waals surface area (Å²) in [5, 5.41) is 3.65. The van der Waals surface area contributed by atoms with E-state index in [1.807, 2.05) is 0 Å². The molecule has 0 spiro atoms. The van der Waals surface area contributed by atoms with E-state index in [-0.39, 0.29) is 0 Å². The van der Waals surface area contributed by atoms with Gasteiger partial charge >= 0.3 is 0 Å². The van der Waals surface area contributed by atoms with E-state index in [2.05, 4.69) is 43.1 Å². The molecule has 1 atom stereocenters. The first-order valence-electron chi connectivity index (χ1n) is 7.74. The molecule has 1 aliphatic rings. The molecule has 108 valence electrons. The smallest absolute Gasteiger partial charge is 0.00679 e. The van der Waals surface area contributed by atoms with E-state index >= 15 is 0 Å². The Bertz CT molecular complexity index is 198. The number of piperidine rings is 1. The Balaban J connectivity index is 2.12. The number of hydrogen-bond donors (Lipinski definition) is 1. The Morgan fingerprint density at radius 2 is 1.94 bits per heavy atom. The molecule has 1 unspecified atom stereocenters. The first-order chi connectivity index (χ1) is 8.63. The second kappa shape index (κ2) is 8.89. The Morgan fingerprint density at radius 3 is 2.50 bits per heavy atom. The minimum atomic E-state index is 0.703. The largest absolute Gasteiger partial charge is 0.314 e. The van der Waals surface area contributed by atoms with Crippen molar-refractivity contribution < 1.29 is 0 Å². The normalized spacial score (nSPS) is 20.5. The molecule has 1 aliphatic heterocycles. The van der Waals surface area contributed by atoms with Gasteiger partial charge in [0, 0.05) is 6.04 Å². The third-order valence-electron chi connectivity index (χ3n) is 4.14. The lowest BCUT2D eigenvalue weighted by atomic mass is 9.90. The summed E-state index contributed by atoms with van der Waals surface area (Å²) in [5.41, 5.74) is 0. The SMILES string of the molecule is CCCNC(C)C1CCN(CCCN(C)C)CC1. The first kappa shape index (κ1) is 15.9. The lowest BCUT2D eigenvalue weighted by Gasteiger charge is -2.35. The van der Waals surface area contributed by atoms with Gasteiger partial charge in [-0.15, -0.1) is 0 Å². The van der Waals surface area contributed by atoms with Crippen LogP contribution in [0, 0.1) is 5.92 Å². The number of likely N-dealkylation sites (tertiary alicyclic amines) is 1. The molecule has 1 N–H and O–H groups in total. The van der Waals surface area contributed by atoms with Gasteiger partial charge in [0.25, 0.3) is 0 Å². The summed E-state index contributed by atoms with van der Waals surface area (Å²) in [5.74, 6) is 0.890. The zero-order valence-corrected chi connectivity index (χ0v) is 12.9. The minimum Gasteiger partial charge on any atom is -0.314 e. The van der Waals surface area contributed by atoms with E-state index in [1.165, 1.54) is 58.4 Å². The summed E-state index contributed by atoms with van der Waals surface area (Å²) in [6.07, 6.45) is 5.30. The zero-order chi connectivity index (χ0) is 13.4. The summed E-state index contributed by atoms with van der Waals surface area (Å²) in [6.45, 7) is 10.9. The quantitative estimate of drug-likeness (QED) is 0.716. The highest BCUT2D eigenvalue weighted by Gasteiger charge is 2.22. The maximum atomic E-state index is 3.65. The molecule has 0 radical (unpaired) electrons. The van der Waals surface area contributed by atoms with E-state index in [9.17, 15) is 0 Å². The van der Waals surface area contributed by atoms with Crippen LogP contribution >= 0.6 is 0 Å². The highest BCUT2D eigenvalue weighted by Crippen LogP contribution is 2.20. The number of nitrogens with zero attached hydrogens (tertiary/aromatic N) is 2. The molecule has 1 rings (SSSR count). The molecule has 0 saturated carbocycles. The van der Waals surface area contributed by atoms with Crippen molar-refractivity contribution >= 4 is 0 Å². The summed E-state index contributed by atoms with van der Waals surface area (Å²) in [7, 11) is 4.32. The molecule has 1 fully saturated rings. The minimum absolute atomic E-state index is 0.703. The Morgan fingerprint density at radius 1 is 1.28 bits per heavy atom.